The van der Waals surface area contributed by atoms with Crippen molar-refractivity contribution in [2.24, 2.45) is 0 Å². The summed E-state index contributed by atoms with van der Waals surface area (Å²) in [6.45, 7) is 9.98. The average molecular weight is 262 g/mol. The summed E-state index contributed by atoms with van der Waals surface area (Å²) in [5.41, 5.74) is 3.32. The minimum absolute atomic E-state index is 0.219. The first-order valence-corrected chi connectivity index (χ1v) is 6.80. The smallest absolute Gasteiger partial charge is 0.138 e. The lowest BCUT2D eigenvalue weighted by atomic mass is 10.1. The van der Waals surface area contributed by atoms with Crippen molar-refractivity contribution >= 4 is 0 Å². The molecule has 5 nitrogen and oxygen atoms in total. The van der Waals surface area contributed by atoms with Crippen LogP contribution in [0, 0.1) is 13.8 Å². The fourth-order valence-corrected chi connectivity index (χ4v) is 2.39. The largest absolute Gasteiger partial charge is 0.361 e. The number of aromatic nitrogens is 3. The molecular weight excluding hydrogens is 240 g/mol. The van der Waals surface area contributed by atoms with E-state index in [9.17, 15) is 0 Å². The van der Waals surface area contributed by atoms with Crippen LogP contribution >= 0.6 is 0 Å². The van der Waals surface area contributed by atoms with Gasteiger partial charge in [-0.3, -0.25) is 4.68 Å². The predicted octanol–water partition coefficient (Wildman–Crippen LogP) is 2.75. The summed E-state index contributed by atoms with van der Waals surface area (Å²) in [5, 5.41) is 11.8. The quantitative estimate of drug-likeness (QED) is 0.869. The molecule has 0 aliphatic heterocycles. The van der Waals surface area contributed by atoms with E-state index in [-0.39, 0.29) is 6.04 Å². The van der Waals surface area contributed by atoms with Gasteiger partial charge in [-0.1, -0.05) is 12.1 Å². The van der Waals surface area contributed by atoms with Crippen molar-refractivity contribution in [3.05, 3.63) is 35.0 Å². The molecule has 104 valence electrons. The van der Waals surface area contributed by atoms with Gasteiger partial charge in [0, 0.05) is 30.9 Å². The van der Waals surface area contributed by atoms with E-state index in [4.69, 9.17) is 4.52 Å². The predicted molar refractivity (Wildman–Crippen MR) is 73.7 cm³/mol. The fraction of sp³-hybridized carbons (Fsp3) is 0.571. The van der Waals surface area contributed by atoms with Gasteiger partial charge in [0.15, 0.2) is 0 Å². The lowest BCUT2D eigenvalue weighted by Crippen LogP contribution is -2.21. The van der Waals surface area contributed by atoms with E-state index in [0.717, 1.165) is 36.5 Å². The van der Waals surface area contributed by atoms with Crippen LogP contribution in [0.4, 0.5) is 0 Å². The zero-order valence-corrected chi connectivity index (χ0v) is 12.1. The third-order valence-corrected chi connectivity index (χ3v) is 3.35. The van der Waals surface area contributed by atoms with Gasteiger partial charge in [-0.15, -0.1) is 0 Å². The third kappa shape index (κ3) is 3.04. The Morgan fingerprint density at radius 3 is 2.84 bits per heavy atom. The van der Waals surface area contributed by atoms with Crippen molar-refractivity contribution in [1.29, 1.82) is 0 Å². The molecule has 1 unspecified atom stereocenters. The van der Waals surface area contributed by atoms with Crippen LogP contribution in [0.2, 0.25) is 0 Å². The van der Waals surface area contributed by atoms with Crippen LogP contribution in [0.5, 0.6) is 0 Å². The molecule has 0 saturated heterocycles. The first-order chi connectivity index (χ1) is 9.13. The average Bonchev–Trinajstić information content (AvgIpc) is 2.94. The Bertz CT molecular complexity index is 510. The zero-order valence-electron chi connectivity index (χ0n) is 12.1. The molecule has 1 atom stereocenters. The first-order valence-electron chi connectivity index (χ1n) is 6.80. The Hall–Kier alpha value is -1.62. The van der Waals surface area contributed by atoms with Gasteiger partial charge >= 0.3 is 0 Å². The van der Waals surface area contributed by atoms with Crippen LogP contribution in [0.1, 0.15) is 49.0 Å². The Labute approximate surface area is 114 Å². The molecule has 2 rings (SSSR count). The van der Waals surface area contributed by atoms with Crippen LogP contribution in [0.3, 0.4) is 0 Å². The van der Waals surface area contributed by atoms with Gasteiger partial charge < -0.3 is 9.84 Å². The topological polar surface area (TPSA) is 55.9 Å². The van der Waals surface area contributed by atoms with Crippen molar-refractivity contribution in [3.8, 4) is 0 Å². The molecule has 19 heavy (non-hydrogen) atoms. The summed E-state index contributed by atoms with van der Waals surface area (Å²) in [6.07, 6.45) is 2.95. The minimum atomic E-state index is 0.219. The number of hydrogen-bond acceptors (Lipinski definition) is 4. The van der Waals surface area contributed by atoms with Gasteiger partial charge in [0.2, 0.25) is 0 Å². The summed E-state index contributed by atoms with van der Waals surface area (Å²) in [7, 11) is 0. The maximum absolute atomic E-state index is 5.21. The summed E-state index contributed by atoms with van der Waals surface area (Å²) >= 11 is 0. The van der Waals surface area contributed by atoms with Crippen molar-refractivity contribution in [1.82, 2.24) is 20.3 Å². The molecule has 2 aromatic rings. The monoisotopic (exact) mass is 262 g/mol. The third-order valence-electron chi connectivity index (χ3n) is 3.35. The van der Waals surface area contributed by atoms with Gasteiger partial charge in [0.05, 0.1) is 11.4 Å². The molecule has 0 spiro atoms. The van der Waals surface area contributed by atoms with Gasteiger partial charge in [-0.2, -0.15) is 5.10 Å². The van der Waals surface area contributed by atoms with Crippen molar-refractivity contribution in [2.75, 3.05) is 0 Å². The molecule has 0 aliphatic rings. The maximum Gasteiger partial charge on any atom is 0.138 e. The minimum Gasteiger partial charge on any atom is -0.361 e. The van der Waals surface area contributed by atoms with E-state index in [2.05, 4.69) is 35.5 Å². The molecule has 0 aromatic carbocycles. The Morgan fingerprint density at radius 2 is 2.21 bits per heavy atom. The van der Waals surface area contributed by atoms with Gasteiger partial charge in [0.1, 0.15) is 5.76 Å². The number of aryl methyl sites for hydroxylation is 3. The molecule has 0 bridgehead atoms. The summed E-state index contributed by atoms with van der Waals surface area (Å²) in [4.78, 5) is 0. The number of nitrogens with zero attached hydrogens (tertiary/aromatic N) is 3. The highest BCUT2D eigenvalue weighted by Crippen LogP contribution is 2.21. The second-order valence-electron chi connectivity index (χ2n) is 4.89. The summed E-state index contributed by atoms with van der Waals surface area (Å²) < 4.78 is 7.26. The van der Waals surface area contributed by atoms with E-state index >= 15 is 0 Å². The van der Waals surface area contributed by atoms with Crippen LogP contribution in [-0.4, -0.2) is 14.9 Å². The lowest BCUT2D eigenvalue weighted by Gasteiger charge is -2.14. The van der Waals surface area contributed by atoms with Gasteiger partial charge in [0.25, 0.3) is 0 Å². The second-order valence-corrected chi connectivity index (χ2v) is 4.89. The highest BCUT2D eigenvalue weighted by atomic mass is 16.5. The van der Waals surface area contributed by atoms with E-state index in [1.54, 1.807) is 0 Å². The highest BCUT2D eigenvalue weighted by molar-refractivity contribution is 5.24. The molecule has 0 radical (unpaired) electrons. The normalized spacial score (nSPS) is 12.8. The van der Waals surface area contributed by atoms with E-state index < -0.39 is 0 Å². The highest BCUT2D eigenvalue weighted by Gasteiger charge is 2.16. The summed E-state index contributed by atoms with van der Waals surface area (Å²) in [6, 6.07) is 2.28. The standard InChI is InChI=1S/C14H22N4O/c1-5-8-18-13(6-7-16-18)9-15-10(2)14-11(3)17-19-12(14)4/h6-7,10,15H,5,8-9H2,1-4H3. The van der Waals surface area contributed by atoms with Gasteiger partial charge in [-0.05, 0) is 33.3 Å². The van der Waals surface area contributed by atoms with Crippen LogP contribution in [-0.2, 0) is 13.1 Å². The Kier molecular flexibility index (Phi) is 4.37. The number of nitrogens with one attached hydrogen (secondary N) is 1. The Morgan fingerprint density at radius 1 is 1.42 bits per heavy atom. The molecule has 0 aliphatic carbocycles. The van der Waals surface area contributed by atoms with E-state index in [1.807, 2.05) is 24.7 Å². The lowest BCUT2D eigenvalue weighted by molar-refractivity contribution is 0.390. The van der Waals surface area contributed by atoms with Crippen molar-refractivity contribution in [3.63, 3.8) is 0 Å². The van der Waals surface area contributed by atoms with Crippen molar-refractivity contribution < 1.29 is 4.52 Å². The maximum atomic E-state index is 5.21. The number of rotatable bonds is 6. The SMILES string of the molecule is CCCn1nccc1CNC(C)c1c(C)noc1C. The molecule has 1 N–H and O–H groups in total. The van der Waals surface area contributed by atoms with Crippen molar-refractivity contribution in [2.45, 2.75) is 53.2 Å². The summed E-state index contributed by atoms with van der Waals surface area (Å²) in [5.74, 6) is 0.888. The van der Waals surface area contributed by atoms with Gasteiger partial charge in [-0.25, -0.2) is 0 Å². The second kappa shape index (κ2) is 6.02. The first kappa shape index (κ1) is 13.8. The molecule has 2 aromatic heterocycles. The van der Waals surface area contributed by atoms with Crippen LogP contribution in [0.25, 0.3) is 0 Å². The van der Waals surface area contributed by atoms with Crippen LogP contribution < -0.4 is 5.32 Å². The molecule has 2 heterocycles. The molecule has 0 fully saturated rings. The molecule has 0 amide bonds. The molecule has 5 heteroatoms. The number of hydrogen-bond donors (Lipinski definition) is 1. The molecular formula is C14H22N4O. The Balaban J connectivity index is 2.00. The fourth-order valence-electron chi connectivity index (χ4n) is 2.39. The molecule has 0 saturated carbocycles. The van der Waals surface area contributed by atoms with E-state index in [1.165, 1.54) is 5.69 Å². The zero-order chi connectivity index (χ0) is 13.8. The van der Waals surface area contributed by atoms with Crippen LogP contribution in [0.15, 0.2) is 16.8 Å². The van der Waals surface area contributed by atoms with E-state index in [0.29, 0.717) is 0 Å².